The van der Waals surface area contributed by atoms with Gasteiger partial charge < -0.3 is 5.32 Å². The molecule has 3 aromatic rings. The molecular weight excluding hydrogens is 414 g/mol. The number of imidazole rings is 1. The molecule has 1 heterocycles. The number of fused-ring (bicyclic) bond motifs is 1. The highest BCUT2D eigenvalue weighted by atomic mass is 79.9. The number of nitrogens with zero attached hydrogens (tertiary/aromatic N) is 2. The fourth-order valence-electron chi connectivity index (χ4n) is 2.89. The van der Waals surface area contributed by atoms with Crippen molar-refractivity contribution in [2.75, 3.05) is 11.1 Å². The van der Waals surface area contributed by atoms with Crippen LogP contribution >= 0.6 is 27.7 Å². The van der Waals surface area contributed by atoms with Gasteiger partial charge in [-0.2, -0.15) is 0 Å². The Hall–Kier alpha value is -1.99. The van der Waals surface area contributed by atoms with Crippen LogP contribution in [-0.4, -0.2) is 20.8 Å². The van der Waals surface area contributed by atoms with E-state index in [1.54, 1.807) is 9.13 Å². The number of thioether (sulfide) groups is 1. The van der Waals surface area contributed by atoms with Gasteiger partial charge in [-0.1, -0.05) is 15.9 Å². The van der Waals surface area contributed by atoms with Crippen molar-refractivity contribution < 1.29 is 4.79 Å². The first-order chi connectivity index (χ1) is 12.5. The van der Waals surface area contributed by atoms with E-state index in [1.165, 1.54) is 11.8 Å². The van der Waals surface area contributed by atoms with Gasteiger partial charge in [-0.15, -0.1) is 11.8 Å². The molecule has 2 aromatic carbocycles. The minimum atomic E-state index is -0.0717. The Labute approximate surface area is 164 Å². The van der Waals surface area contributed by atoms with Gasteiger partial charge in [0.2, 0.25) is 5.91 Å². The van der Waals surface area contributed by atoms with Gasteiger partial charge in [-0.05, 0) is 56.3 Å². The minimum absolute atomic E-state index is 0.0146. The molecule has 0 aliphatic heterocycles. The zero-order valence-electron chi connectivity index (χ0n) is 14.7. The first kappa shape index (κ1) is 18.8. The number of amides is 1. The Balaban J connectivity index is 1.75. The molecule has 5 nitrogen and oxygen atoms in total. The van der Waals surface area contributed by atoms with E-state index in [4.69, 9.17) is 0 Å². The summed E-state index contributed by atoms with van der Waals surface area (Å²) in [5, 5.41) is 2.92. The monoisotopic (exact) mass is 433 g/mol. The zero-order chi connectivity index (χ0) is 18.7. The number of hydrogen-bond donors (Lipinski definition) is 1. The number of benzene rings is 2. The van der Waals surface area contributed by atoms with Crippen molar-refractivity contribution in [2.45, 2.75) is 31.8 Å². The van der Waals surface area contributed by atoms with E-state index in [1.807, 2.05) is 56.3 Å². The molecular formula is C19H20BrN3O2S. The second-order valence-corrected chi connectivity index (χ2v) is 7.73. The number of anilines is 1. The maximum absolute atomic E-state index is 12.4. The van der Waals surface area contributed by atoms with Crippen molar-refractivity contribution >= 4 is 50.3 Å². The van der Waals surface area contributed by atoms with Gasteiger partial charge >= 0.3 is 5.69 Å². The zero-order valence-corrected chi connectivity index (χ0v) is 17.1. The van der Waals surface area contributed by atoms with Crippen LogP contribution in [0.1, 0.15) is 13.8 Å². The van der Waals surface area contributed by atoms with Crippen molar-refractivity contribution in [2.24, 2.45) is 0 Å². The molecule has 26 heavy (non-hydrogen) atoms. The van der Waals surface area contributed by atoms with Crippen LogP contribution in [-0.2, 0) is 17.9 Å². The second kappa shape index (κ2) is 8.14. The molecule has 0 radical (unpaired) electrons. The Bertz CT molecular complexity index is 992. The molecule has 136 valence electrons. The second-order valence-electron chi connectivity index (χ2n) is 5.77. The Kier molecular flexibility index (Phi) is 5.88. The molecule has 0 saturated heterocycles. The lowest BCUT2D eigenvalue weighted by atomic mass is 10.2. The largest absolute Gasteiger partial charge is 0.329 e. The van der Waals surface area contributed by atoms with E-state index in [-0.39, 0.29) is 11.6 Å². The van der Waals surface area contributed by atoms with Crippen LogP contribution in [0.25, 0.3) is 11.0 Å². The van der Waals surface area contributed by atoms with E-state index in [2.05, 4.69) is 21.2 Å². The lowest BCUT2D eigenvalue weighted by Gasteiger charge is -2.07. The number of carbonyl (C=O) groups excluding carboxylic acids is 1. The maximum Gasteiger partial charge on any atom is 0.329 e. The number of carbonyl (C=O) groups is 1. The predicted octanol–water partition coefficient (Wildman–Crippen LogP) is 4.34. The molecule has 0 unspecified atom stereocenters. The number of aryl methyl sites for hydroxylation is 2. The average molecular weight is 434 g/mol. The van der Waals surface area contributed by atoms with Crippen LogP contribution in [0.15, 0.2) is 56.6 Å². The molecule has 0 aliphatic carbocycles. The third kappa shape index (κ3) is 3.88. The molecule has 0 saturated carbocycles. The molecule has 3 rings (SSSR count). The Morgan fingerprint density at radius 3 is 2.35 bits per heavy atom. The normalized spacial score (nSPS) is 11.0. The molecule has 1 aromatic heterocycles. The molecule has 0 bridgehead atoms. The topological polar surface area (TPSA) is 56.0 Å². The highest BCUT2D eigenvalue weighted by molar-refractivity contribution is 9.10. The fraction of sp³-hybridized carbons (Fsp3) is 0.263. The van der Waals surface area contributed by atoms with Gasteiger partial charge in [-0.3, -0.25) is 13.9 Å². The number of halogens is 1. The van der Waals surface area contributed by atoms with Gasteiger partial charge in [0.25, 0.3) is 0 Å². The molecule has 0 spiro atoms. The maximum atomic E-state index is 12.4. The molecule has 1 N–H and O–H groups in total. The fourth-order valence-corrected chi connectivity index (χ4v) is 3.85. The Morgan fingerprint density at radius 1 is 1.04 bits per heavy atom. The standard InChI is InChI=1S/C19H20BrN3O2S/c1-3-22-16-10-7-14(11-17(16)23(4-2)19(22)25)21-18(24)12-26-15-8-5-13(20)6-9-15/h5-11H,3-4,12H2,1-2H3,(H,21,24). The van der Waals surface area contributed by atoms with Crippen LogP contribution in [0.4, 0.5) is 5.69 Å². The third-order valence-corrected chi connectivity index (χ3v) is 5.66. The summed E-state index contributed by atoms with van der Waals surface area (Å²) in [5.41, 5.74) is 2.42. The summed E-state index contributed by atoms with van der Waals surface area (Å²) in [5.74, 6) is 0.258. The van der Waals surface area contributed by atoms with Gasteiger partial charge in [0.05, 0.1) is 16.8 Å². The summed E-state index contributed by atoms with van der Waals surface area (Å²) in [6.45, 7) is 5.12. The van der Waals surface area contributed by atoms with E-state index in [0.29, 0.717) is 24.5 Å². The van der Waals surface area contributed by atoms with Crippen LogP contribution in [0.2, 0.25) is 0 Å². The summed E-state index contributed by atoms with van der Waals surface area (Å²) in [6, 6.07) is 13.5. The molecule has 7 heteroatoms. The van der Waals surface area contributed by atoms with Crippen molar-refractivity contribution in [3.63, 3.8) is 0 Å². The minimum Gasteiger partial charge on any atom is -0.325 e. The van der Waals surface area contributed by atoms with E-state index in [9.17, 15) is 9.59 Å². The molecule has 0 atom stereocenters. The van der Waals surface area contributed by atoms with Crippen LogP contribution in [0.5, 0.6) is 0 Å². The molecule has 0 aliphatic rings. The SMILES string of the molecule is CCn1c(=O)n(CC)c2cc(NC(=O)CSc3ccc(Br)cc3)ccc21. The highest BCUT2D eigenvalue weighted by Gasteiger charge is 2.12. The number of aromatic nitrogens is 2. The lowest BCUT2D eigenvalue weighted by molar-refractivity contribution is -0.113. The van der Waals surface area contributed by atoms with Crippen LogP contribution in [0.3, 0.4) is 0 Å². The lowest BCUT2D eigenvalue weighted by Crippen LogP contribution is -2.23. The number of nitrogens with one attached hydrogen (secondary N) is 1. The van der Waals surface area contributed by atoms with Gasteiger partial charge in [-0.25, -0.2) is 4.79 Å². The number of rotatable bonds is 6. The summed E-state index contributed by atoms with van der Waals surface area (Å²) in [4.78, 5) is 25.7. The van der Waals surface area contributed by atoms with Crippen molar-refractivity contribution in [1.29, 1.82) is 0 Å². The third-order valence-electron chi connectivity index (χ3n) is 4.12. The van der Waals surface area contributed by atoms with Crippen molar-refractivity contribution in [3.8, 4) is 0 Å². The van der Waals surface area contributed by atoms with Crippen LogP contribution in [0, 0.1) is 0 Å². The van der Waals surface area contributed by atoms with E-state index < -0.39 is 0 Å². The van der Waals surface area contributed by atoms with E-state index in [0.717, 1.165) is 20.4 Å². The molecule has 1 amide bonds. The Morgan fingerprint density at radius 2 is 1.69 bits per heavy atom. The van der Waals surface area contributed by atoms with Gasteiger partial charge in [0, 0.05) is 28.1 Å². The van der Waals surface area contributed by atoms with Crippen molar-refractivity contribution in [3.05, 3.63) is 57.4 Å². The summed E-state index contributed by atoms with van der Waals surface area (Å²) < 4.78 is 4.49. The number of hydrogen-bond acceptors (Lipinski definition) is 3. The van der Waals surface area contributed by atoms with Crippen molar-refractivity contribution in [1.82, 2.24) is 9.13 Å². The smallest absolute Gasteiger partial charge is 0.325 e. The molecule has 0 fully saturated rings. The van der Waals surface area contributed by atoms with Crippen LogP contribution < -0.4 is 11.0 Å². The highest BCUT2D eigenvalue weighted by Crippen LogP contribution is 2.22. The summed E-state index contributed by atoms with van der Waals surface area (Å²) in [6.07, 6.45) is 0. The summed E-state index contributed by atoms with van der Waals surface area (Å²) in [7, 11) is 0. The average Bonchev–Trinajstić information content (AvgIpc) is 2.91. The first-order valence-corrected chi connectivity index (χ1v) is 10.2. The van der Waals surface area contributed by atoms with Gasteiger partial charge in [0.1, 0.15) is 0 Å². The van der Waals surface area contributed by atoms with Gasteiger partial charge in [0.15, 0.2) is 0 Å². The first-order valence-electron chi connectivity index (χ1n) is 8.44. The predicted molar refractivity (Wildman–Crippen MR) is 111 cm³/mol. The quantitative estimate of drug-likeness (QED) is 0.588. The van der Waals surface area contributed by atoms with E-state index >= 15 is 0 Å². The summed E-state index contributed by atoms with van der Waals surface area (Å²) >= 11 is 4.88.